The molecule has 0 aliphatic carbocycles. The second-order valence-electron chi connectivity index (χ2n) is 7.01. The summed E-state index contributed by atoms with van der Waals surface area (Å²) in [6.07, 6.45) is -7.01. The highest BCUT2D eigenvalue weighted by Crippen LogP contribution is 2.24. The van der Waals surface area contributed by atoms with Gasteiger partial charge in [0.05, 0.1) is 13.2 Å². The van der Waals surface area contributed by atoms with Crippen molar-refractivity contribution in [1.82, 2.24) is 5.32 Å². The number of nitrogens with one attached hydrogen (secondary N) is 2. The Labute approximate surface area is 184 Å². The number of anilines is 1. The zero-order chi connectivity index (χ0) is 23.1. The molecule has 1 saturated heterocycles. The molecule has 1 aliphatic heterocycles. The summed E-state index contributed by atoms with van der Waals surface area (Å²) in [7, 11) is -4.81. The second-order valence-corrected chi connectivity index (χ2v) is 8.11. The summed E-state index contributed by atoms with van der Waals surface area (Å²) in [4.78, 5) is 12.3. The molecular weight excluding hydrogens is 444 g/mol. The van der Waals surface area contributed by atoms with Crippen LogP contribution in [0, 0.1) is 0 Å². The molecule has 32 heavy (non-hydrogen) atoms. The molecule has 0 aromatic heterocycles. The topological polar surface area (TPSA) is 164 Å². The van der Waals surface area contributed by atoms with Crippen molar-refractivity contribution in [2.24, 2.45) is 0 Å². The lowest BCUT2D eigenvalue weighted by atomic mass is 9.98. The van der Waals surface area contributed by atoms with E-state index in [1.54, 1.807) is 54.6 Å². The fourth-order valence-electron chi connectivity index (χ4n) is 3.13. The molecule has 2 amide bonds. The molecule has 0 unspecified atom stereocenters. The van der Waals surface area contributed by atoms with E-state index in [0.29, 0.717) is 5.69 Å². The van der Waals surface area contributed by atoms with Crippen LogP contribution in [-0.2, 0) is 30.7 Å². The van der Waals surface area contributed by atoms with Gasteiger partial charge in [0, 0.05) is 5.69 Å². The van der Waals surface area contributed by atoms with Gasteiger partial charge in [0.25, 0.3) is 0 Å². The molecule has 5 N–H and O–H groups in total. The highest BCUT2D eigenvalue weighted by molar-refractivity contribution is 7.80. The minimum absolute atomic E-state index is 0.0223. The number of urea groups is 1. The quantitative estimate of drug-likeness (QED) is 0.350. The number of carbonyl (C=O) groups is 1. The van der Waals surface area contributed by atoms with Crippen LogP contribution in [0.3, 0.4) is 0 Å². The van der Waals surface area contributed by atoms with Crippen molar-refractivity contribution in [2.45, 2.75) is 37.3 Å². The Hall–Kier alpha value is -2.58. The average molecular weight is 468 g/mol. The third kappa shape index (κ3) is 6.97. The molecule has 0 saturated carbocycles. The molecule has 12 heteroatoms. The van der Waals surface area contributed by atoms with Gasteiger partial charge < -0.3 is 30.3 Å². The number of rotatable bonds is 8. The van der Waals surface area contributed by atoms with Gasteiger partial charge in [-0.1, -0.05) is 48.5 Å². The maximum absolute atomic E-state index is 12.3. The molecule has 2 aromatic rings. The molecule has 5 atom stereocenters. The van der Waals surface area contributed by atoms with Gasteiger partial charge in [-0.25, -0.2) is 8.98 Å². The summed E-state index contributed by atoms with van der Waals surface area (Å²) in [5.74, 6) is 0. The van der Waals surface area contributed by atoms with E-state index in [2.05, 4.69) is 14.8 Å². The first-order chi connectivity index (χ1) is 15.2. The lowest BCUT2D eigenvalue weighted by Crippen LogP contribution is -2.64. The van der Waals surface area contributed by atoms with Crippen LogP contribution in [0.1, 0.15) is 5.56 Å². The molecule has 11 nitrogen and oxygen atoms in total. The van der Waals surface area contributed by atoms with Gasteiger partial charge >= 0.3 is 16.4 Å². The predicted molar refractivity (Wildman–Crippen MR) is 112 cm³/mol. The number of ether oxygens (including phenoxy) is 2. The van der Waals surface area contributed by atoms with Crippen LogP contribution in [-0.4, -0.2) is 66.5 Å². The summed E-state index contributed by atoms with van der Waals surface area (Å²) in [6, 6.07) is 16.7. The fourth-order valence-corrected chi connectivity index (χ4v) is 3.43. The van der Waals surface area contributed by atoms with Crippen molar-refractivity contribution in [3.05, 3.63) is 66.2 Å². The lowest BCUT2D eigenvalue weighted by Gasteiger charge is -2.42. The number of carbonyl (C=O) groups excluding carboxylic acids is 1. The minimum atomic E-state index is -4.81. The number of benzene rings is 2. The second kappa shape index (κ2) is 10.8. The van der Waals surface area contributed by atoms with Crippen molar-refractivity contribution in [3.8, 4) is 0 Å². The SMILES string of the molecule is O=C(Nc1ccccc1)N[C@@H]1O[C@H](COS(=O)(=O)O)[C@@H](O)[C@H](OCc2ccccc2)[C@H]1O. The van der Waals surface area contributed by atoms with E-state index in [-0.39, 0.29) is 6.61 Å². The molecule has 3 rings (SSSR count). The molecule has 174 valence electrons. The van der Waals surface area contributed by atoms with Crippen LogP contribution in [0.25, 0.3) is 0 Å². The Balaban J connectivity index is 1.71. The third-order valence-electron chi connectivity index (χ3n) is 4.66. The van der Waals surface area contributed by atoms with E-state index in [9.17, 15) is 23.4 Å². The van der Waals surface area contributed by atoms with E-state index in [1.807, 2.05) is 6.07 Å². The van der Waals surface area contributed by atoms with Gasteiger partial charge in [-0.3, -0.25) is 4.55 Å². The van der Waals surface area contributed by atoms with E-state index in [1.165, 1.54) is 0 Å². The monoisotopic (exact) mass is 468 g/mol. The van der Waals surface area contributed by atoms with Gasteiger partial charge in [-0.15, -0.1) is 0 Å². The van der Waals surface area contributed by atoms with Crippen molar-refractivity contribution >= 4 is 22.1 Å². The van der Waals surface area contributed by atoms with Gasteiger partial charge in [0.1, 0.15) is 24.4 Å². The molecule has 0 spiro atoms. The number of hydrogen-bond acceptors (Lipinski definition) is 8. The number of aliphatic hydroxyl groups is 2. The summed E-state index contributed by atoms with van der Waals surface area (Å²) in [5.41, 5.74) is 1.24. The largest absolute Gasteiger partial charge is 0.397 e. The van der Waals surface area contributed by atoms with E-state index in [0.717, 1.165) is 5.56 Å². The van der Waals surface area contributed by atoms with Crippen LogP contribution in [0.15, 0.2) is 60.7 Å². The third-order valence-corrected chi connectivity index (χ3v) is 5.09. The van der Waals surface area contributed by atoms with Gasteiger partial charge in [-0.2, -0.15) is 8.42 Å². The lowest BCUT2D eigenvalue weighted by molar-refractivity contribution is -0.246. The summed E-state index contributed by atoms with van der Waals surface area (Å²) >= 11 is 0. The first-order valence-corrected chi connectivity index (χ1v) is 11.0. The molecule has 2 aromatic carbocycles. The van der Waals surface area contributed by atoms with E-state index < -0.39 is 53.7 Å². The molecule has 1 aliphatic rings. The first-order valence-electron chi connectivity index (χ1n) is 9.64. The van der Waals surface area contributed by atoms with E-state index in [4.69, 9.17) is 14.0 Å². The molecule has 1 fully saturated rings. The number of hydrogen-bond donors (Lipinski definition) is 5. The van der Waals surface area contributed by atoms with Crippen LogP contribution in [0.2, 0.25) is 0 Å². The standard InChI is InChI=1S/C20H24N2O9S/c23-16-15(12-30-32(26,27)28)31-19(22-20(25)21-14-9-5-2-6-10-14)17(24)18(16)29-11-13-7-3-1-4-8-13/h1-10,15-19,23-24H,11-12H2,(H2,21,22,25)(H,26,27,28)/t15-,16-,17-,18+,19-/m1/s1. The Morgan fingerprint density at radius 1 is 1.00 bits per heavy atom. The fraction of sp³-hybridized carbons (Fsp3) is 0.350. The van der Waals surface area contributed by atoms with Gasteiger partial charge in [0.2, 0.25) is 0 Å². The zero-order valence-corrected chi connectivity index (χ0v) is 17.6. The Morgan fingerprint density at radius 3 is 2.25 bits per heavy atom. The Kier molecular flexibility index (Phi) is 8.15. The Bertz CT molecular complexity index is 975. The highest BCUT2D eigenvalue weighted by atomic mass is 32.3. The number of para-hydroxylation sites is 1. The summed E-state index contributed by atoms with van der Waals surface area (Å²) in [5, 5.41) is 26.2. The normalized spacial score (nSPS) is 25.8. The van der Waals surface area contributed by atoms with Gasteiger partial charge in [0.15, 0.2) is 6.23 Å². The molecule has 0 bridgehead atoms. The van der Waals surface area contributed by atoms with Crippen molar-refractivity contribution in [3.63, 3.8) is 0 Å². The Morgan fingerprint density at radius 2 is 1.62 bits per heavy atom. The minimum Gasteiger partial charge on any atom is -0.387 e. The van der Waals surface area contributed by atoms with Crippen molar-refractivity contribution in [2.75, 3.05) is 11.9 Å². The molecular formula is C20H24N2O9S. The van der Waals surface area contributed by atoms with Crippen LogP contribution in [0.4, 0.5) is 10.5 Å². The van der Waals surface area contributed by atoms with Crippen LogP contribution >= 0.6 is 0 Å². The summed E-state index contributed by atoms with van der Waals surface area (Å²) < 4.78 is 46.1. The summed E-state index contributed by atoms with van der Waals surface area (Å²) in [6.45, 7) is -0.745. The first kappa shape index (κ1) is 24.1. The van der Waals surface area contributed by atoms with E-state index >= 15 is 0 Å². The molecule has 1 heterocycles. The smallest absolute Gasteiger partial charge is 0.387 e. The highest BCUT2D eigenvalue weighted by Gasteiger charge is 2.46. The van der Waals surface area contributed by atoms with Crippen LogP contribution < -0.4 is 10.6 Å². The predicted octanol–water partition coefficient (Wildman–Crippen LogP) is 0.660. The number of amides is 2. The van der Waals surface area contributed by atoms with Gasteiger partial charge in [-0.05, 0) is 17.7 Å². The van der Waals surface area contributed by atoms with Crippen molar-refractivity contribution < 1.29 is 41.6 Å². The maximum Gasteiger partial charge on any atom is 0.397 e. The average Bonchev–Trinajstić information content (AvgIpc) is 2.75. The maximum atomic E-state index is 12.3. The molecule has 0 radical (unpaired) electrons. The van der Waals surface area contributed by atoms with Crippen molar-refractivity contribution in [1.29, 1.82) is 0 Å². The zero-order valence-electron chi connectivity index (χ0n) is 16.8. The number of aliphatic hydroxyl groups excluding tert-OH is 2. The van der Waals surface area contributed by atoms with Crippen LogP contribution in [0.5, 0.6) is 0 Å².